The zero-order valence-corrected chi connectivity index (χ0v) is 10.5. The number of piperazine rings is 1. The summed E-state index contributed by atoms with van der Waals surface area (Å²) >= 11 is 0. The number of likely N-dealkylation sites (N-methyl/N-ethyl adjacent to an activating group) is 1. The first kappa shape index (κ1) is 11.5. The summed E-state index contributed by atoms with van der Waals surface area (Å²) in [6.45, 7) is 2.07. The Hall–Kier alpha value is -1.62. The molecule has 2 aliphatic rings. The third-order valence-electron chi connectivity index (χ3n) is 4.27. The first-order chi connectivity index (χ1) is 8.65. The molecule has 3 rings (SSSR count). The maximum absolute atomic E-state index is 10.6. The van der Waals surface area contributed by atoms with Crippen LogP contribution in [0.15, 0.2) is 24.3 Å². The van der Waals surface area contributed by atoms with Gasteiger partial charge >= 0.3 is 0 Å². The fourth-order valence-corrected chi connectivity index (χ4v) is 3.11. The highest BCUT2D eigenvalue weighted by molar-refractivity contribution is 5.51. The zero-order valence-electron chi connectivity index (χ0n) is 10.5. The molecule has 2 bridgehead atoms. The normalized spacial score (nSPS) is 27.5. The Balaban J connectivity index is 1.78. The van der Waals surface area contributed by atoms with Gasteiger partial charge in [0.1, 0.15) is 0 Å². The SMILES string of the molecule is CN1[C@@H]2CC[C@H]1CN(c1ccc([N+](=O)[O-])cc1)C2. The molecule has 0 N–H and O–H groups in total. The lowest BCUT2D eigenvalue weighted by Gasteiger charge is -2.40. The van der Waals surface area contributed by atoms with E-state index < -0.39 is 0 Å². The number of anilines is 1. The van der Waals surface area contributed by atoms with Crippen LogP contribution in [0.1, 0.15) is 12.8 Å². The van der Waals surface area contributed by atoms with Gasteiger partial charge in [-0.05, 0) is 32.0 Å². The van der Waals surface area contributed by atoms with E-state index in [0.29, 0.717) is 12.1 Å². The van der Waals surface area contributed by atoms with Crippen LogP contribution in [0.25, 0.3) is 0 Å². The van der Waals surface area contributed by atoms with Crippen molar-refractivity contribution in [2.24, 2.45) is 0 Å². The number of hydrogen-bond acceptors (Lipinski definition) is 4. The Bertz CT molecular complexity index is 446. The molecule has 2 heterocycles. The van der Waals surface area contributed by atoms with Crippen molar-refractivity contribution < 1.29 is 4.92 Å². The highest BCUT2D eigenvalue weighted by atomic mass is 16.6. The fourth-order valence-electron chi connectivity index (χ4n) is 3.11. The van der Waals surface area contributed by atoms with Crippen molar-refractivity contribution in [3.8, 4) is 0 Å². The third-order valence-corrected chi connectivity index (χ3v) is 4.27. The Morgan fingerprint density at radius 3 is 2.22 bits per heavy atom. The predicted octanol–water partition coefficient (Wildman–Crippen LogP) is 1.88. The van der Waals surface area contributed by atoms with E-state index in [4.69, 9.17) is 0 Å². The van der Waals surface area contributed by atoms with Crippen LogP contribution in [0.3, 0.4) is 0 Å². The largest absolute Gasteiger partial charge is 0.368 e. The number of rotatable bonds is 2. The summed E-state index contributed by atoms with van der Waals surface area (Å²) in [5.74, 6) is 0. The van der Waals surface area contributed by atoms with Crippen molar-refractivity contribution in [2.75, 3.05) is 25.0 Å². The van der Waals surface area contributed by atoms with Crippen LogP contribution >= 0.6 is 0 Å². The van der Waals surface area contributed by atoms with Crippen LogP contribution < -0.4 is 4.90 Å². The Morgan fingerprint density at radius 2 is 1.72 bits per heavy atom. The smallest absolute Gasteiger partial charge is 0.269 e. The van der Waals surface area contributed by atoms with Gasteiger partial charge in [-0.15, -0.1) is 0 Å². The van der Waals surface area contributed by atoms with Crippen molar-refractivity contribution in [3.05, 3.63) is 34.4 Å². The maximum Gasteiger partial charge on any atom is 0.269 e. The summed E-state index contributed by atoms with van der Waals surface area (Å²) in [5.41, 5.74) is 1.27. The van der Waals surface area contributed by atoms with Crippen LogP contribution in [-0.4, -0.2) is 42.0 Å². The molecule has 0 aromatic heterocycles. The van der Waals surface area contributed by atoms with Crippen molar-refractivity contribution in [1.29, 1.82) is 0 Å². The molecule has 96 valence electrons. The molecule has 2 saturated heterocycles. The molecule has 5 nitrogen and oxygen atoms in total. The number of benzene rings is 1. The summed E-state index contributed by atoms with van der Waals surface area (Å²) in [4.78, 5) is 15.1. The van der Waals surface area contributed by atoms with Gasteiger partial charge in [-0.1, -0.05) is 0 Å². The summed E-state index contributed by atoms with van der Waals surface area (Å²) in [6.07, 6.45) is 2.54. The summed E-state index contributed by atoms with van der Waals surface area (Å²) in [5, 5.41) is 10.6. The first-order valence-corrected chi connectivity index (χ1v) is 6.36. The van der Waals surface area contributed by atoms with Gasteiger partial charge in [0, 0.05) is 43.0 Å². The summed E-state index contributed by atoms with van der Waals surface area (Å²) in [7, 11) is 2.20. The molecular formula is C13H17N3O2. The van der Waals surface area contributed by atoms with Crippen LogP contribution in [-0.2, 0) is 0 Å². The number of nitro benzene ring substituents is 1. The minimum absolute atomic E-state index is 0.163. The Morgan fingerprint density at radius 1 is 1.17 bits per heavy atom. The van der Waals surface area contributed by atoms with Gasteiger partial charge in [-0.25, -0.2) is 0 Å². The van der Waals surface area contributed by atoms with Crippen LogP contribution in [0.4, 0.5) is 11.4 Å². The topological polar surface area (TPSA) is 49.6 Å². The second kappa shape index (κ2) is 4.24. The number of nitro groups is 1. The lowest BCUT2D eigenvalue weighted by atomic mass is 10.1. The minimum Gasteiger partial charge on any atom is -0.368 e. The molecule has 0 aliphatic carbocycles. The van der Waals surface area contributed by atoms with E-state index in [1.54, 1.807) is 12.1 Å². The van der Waals surface area contributed by atoms with E-state index >= 15 is 0 Å². The van der Waals surface area contributed by atoms with Gasteiger partial charge in [0.25, 0.3) is 5.69 Å². The van der Waals surface area contributed by atoms with Gasteiger partial charge in [0.05, 0.1) is 4.92 Å². The van der Waals surface area contributed by atoms with Crippen molar-refractivity contribution in [2.45, 2.75) is 24.9 Å². The van der Waals surface area contributed by atoms with E-state index in [1.807, 2.05) is 12.1 Å². The Labute approximate surface area is 106 Å². The lowest BCUT2D eigenvalue weighted by Crippen LogP contribution is -2.51. The summed E-state index contributed by atoms with van der Waals surface area (Å²) in [6, 6.07) is 8.19. The van der Waals surface area contributed by atoms with Gasteiger partial charge in [-0.2, -0.15) is 0 Å². The van der Waals surface area contributed by atoms with E-state index in [1.165, 1.54) is 12.8 Å². The average molecular weight is 247 g/mol. The first-order valence-electron chi connectivity index (χ1n) is 6.36. The standard InChI is InChI=1S/C13H17N3O2/c1-14-12-6-7-13(14)9-15(8-12)10-2-4-11(5-3-10)16(17)18/h2-5,12-13H,6-9H2,1H3/t12-,13+. The molecule has 18 heavy (non-hydrogen) atoms. The second-order valence-electron chi connectivity index (χ2n) is 5.23. The van der Waals surface area contributed by atoms with Crippen molar-refractivity contribution in [3.63, 3.8) is 0 Å². The molecule has 1 aromatic rings. The van der Waals surface area contributed by atoms with Crippen molar-refractivity contribution in [1.82, 2.24) is 4.90 Å². The molecule has 0 saturated carbocycles. The predicted molar refractivity (Wildman–Crippen MR) is 69.9 cm³/mol. The molecule has 0 spiro atoms. The maximum atomic E-state index is 10.6. The van der Waals surface area contributed by atoms with E-state index in [2.05, 4.69) is 16.8 Å². The molecule has 0 unspecified atom stereocenters. The number of hydrogen-bond donors (Lipinski definition) is 0. The fraction of sp³-hybridized carbons (Fsp3) is 0.538. The van der Waals surface area contributed by atoms with Gasteiger partial charge < -0.3 is 4.90 Å². The number of fused-ring (bicyclic) bond motifs is 2. The lowest BCUT2D eigenvalue weighted by molar-refractivity contribution is -0.384. The van der Waals surface area contributed by atoms with Gasteiger partial charge in [-0.3, -0.25) is 15.0 Å². The average Bonchev–Trinajstić information content (AvgIpc) is 2.62. The summed E-state index contributed by atoms with van der Waals surface area (Å²) < 4.78 is 0. The van der Waals surface area contributed by atoms with E-state index in [0.717, 1.165) is 18.8 Å². The van der Waals surface area contributed by atoms with Crippen LogP contribution in [0.2, 0.25) is 0 Å². The zero-order chi connectivity index (χ0) is 12.7. The molecule has 0 radical (unpaired) electrons. The van der Waals surface area contributed by atoms with Crippen LogP contribution in [0.5, 0.6) is 0 Å². The highest BCUT2D eigenvalue weighted by Crippen LogP contribution is 2.31. The van der Waals surface area contributed by atoms with Crippen molar-refractivity contribution >= 4 is 11.4 Å². The molecule has 5 heteroatoms. The highest BCUT2D eigenvalue weighted by Gasteiger charge is 2.37. The molecule has 1 aromatic carbocycles. The molecule has 2 fully saturated rings. The number of non-ortho nitro benzene ring substituents is 1. The van der Waals surface area contributed by atoms with Gasteiger partial charge in [0.2, 0.25) is 0 Å². The number of nitrogens with zero attached hydrogens (tertiary/aromatic N) is 3. The molecular weight excluding hydrogens is 230 g/mol. The third kappa shape index (κ3) is 1.84. The monoisotopic (exact) mass is 247 g/mol. The van der Waals surface area contributed by atoms with E-state index in [-0.39, 0.29) is 10.6 Å². The minimum atomic E-state index is -0.350. The molecule has 2 atom stereocenters. The van der Waals surface area contributed by atoms with Crippen LogP contribution in [0, 0.1) is 10.1 Å². The second-order valence-corrected chi connectivity index (χ2v) is 5.23. The molecule has 0 amide bonds. The molecule has 2 aliphatic heterocycles. The van der Waals surface area contributed by atoms with Gasteiger partial charge in [0.15, 0.2) is 0 Å². The van der Waals surface area contributed by atoms with E-state index in [9.17, 15) is 10.1 Å². The Kier molecular flexibility index (Phi) is 2.70. The quantitative estimate of drug-likeness (QED) is 0.591.